The third-order valence-electron chi connectivity index (χ3n) is 0.0373. The molecule has 0 spiro atoms. The van der Waals surface area contributed by atoms with Crippen molar-refractivity contribution in [2.75, 3.05) is 0 Å². The molecule has 12 heteroatoms. The molecule has 0 heterocycles. The molecule has 0 amide bonds. The van der Waals surface area contributed by atoms with Crippen LogP contribution in [0.5, 0.6) is 0 Å². The number of hydrogen-bond donors (Lipinski definition) is 3. The van der Waals surface area contributed by atoms with Crippen molar-refractivity contribution in [1.82, 2.24) is 12.3 Å². The van der Waals surface area contributed by atoms with Crippen molar-refractivity contribution in [3.8, 4) is 0 Å². The average molecular weight is 354 g/mol. The molecule has 19 heavy (non-hydrogen) atoms. The summed E-state index contributed by atoms with van der Waals surface area (Å²) in [5.74, 6) is 0. The Kier molecular flexibility index (Phi) is 80900. The molecule has 0 rings (SSSR count). The molecule has 0 saturated heterocycles. The van der Waals surface area contributed by atoms with Gasteiger partial charge in [-0.05, 0) is 6.47 Å². The maximum absolute atomic E-state index is 8.58. The fourth-order valence-electron chi connectivity index (χ4n) is 0. The van der Waals surface area contributed by atoms with Crippen LogP contribution in [-0.2, 0) is 26.8 Å². The van der Waals surface area contributed by atoms with Gasteiger partial charge < -0.3 is 54.8 Å². The molecule has 19 N–H and O–H groups in total. The van der Waals surface area contributed by atoms with E-state index >= 15 is 0 Å². The molecule has 0 aliphatic heterocycles. The van der Waals surface area contributed by atoms with Gasteiger partial charge in [-0.3, -0.25) is 0 Å². The van der Waals surface area contributed by atoms with Gasteiger partial charge in [-0.1, -0.05) is 44.6 Å². The van der Waals surface area contributed by atoms with Gasteiger partial charge in [0.1, 0.15) is 0 Å². The summed E-state index contributed by atoms with van der Waals surface area (Å²) in [6.07, 6.45) is 0. The fourth-order valence-corrected chi connectivity index (χ4v) is 0. The van der Waals surface area contributed by atoms with E-state index in [9.17, 15) is 0 Å². The van der Waals surface area contributed by atoms with Gasteiger partial charge >= 0.3 is 0 Å². The molecule has 0 atom stereocenters. The third kappa shape index (κ3) is 10900. The van der Waals surface area contributed by atoms with Crippen LogP contribution in [0.25, 0.3) is 0 Å². The van der Waals surface area contributed by atoms with E-state index in [1.165, 1.54) is 0 Å². The van der Waals surface area contributed by atoms with E-state index in [2.05, 4.69) is 4.89 Å². The van der Waals surface area contributed by atoms with E-state index in [1.54, 1.807) is 0 Å². The molecule has 0 aromatic rings. The Labute approximate surface area is 129 Å². The van der Waals surface area contributed by atoms with Crippen LogP contribution in [0.2, 0.25) is 0 Å². The maximum Gasteiger partial charge on any atom is 0 e. The molecule has 0 aliphatic rings. The second-order valence-corrected chi connectivity index (χ2v) is 0.175. The first-order chi connectivity index (χ1) is 1.91. The summed E-state index contributed by atoms with van der Waals surface area (Å²) in [6, 6.07) is 0. The van der Waals surface area contributed by atoms with Crippen molar-refractivity contribution < 1.29 is 64.9 Å². The molecule has 143 valence electrons. The summed E-state index contributed by atoms with van der Waals surface area (Å²) in [5, 5.41) is 6.95. The van der Waals surface area contributed by atoms with Crippen LogP contribution in [-0.4, -0.2) is 44.6 Å². The van der Waals surface area contributed by atoms with Gasteiger partial charge in [0.05, 0.1) is 0 Å². The normalized spacial score (nSPS) is 1.11. The Bertz CT molecular complexity index is 44.5. The van der Waals surface area contributed by atoms with E-state index in [0.717, 1.165) is 6.47 Å². The smallest absolute Gasteiger partial charge is 0 e. The van der Waals surface area contributed by atoms with Crippen LogP contribution < -0.4 is 12.3 Å². The average Bonchev–Trinajstić information content (AvgIpc) is 1.37. The molecule has 0 aromatic heterocycles. The van der Waals surface area contributed by atoms with Gasteiger partial charge in [-0.2, -0.15) is 0 Å². The summed E-state index contributed by atoms with van der Waals surface area (Å²) in [5.41, 5.74) is 0. The largest absolute Gasteiger partial charge is 0.509 e. The Morgan fingerprint density at radius 2 is 0.684 bits per heavy atom. The molecule has 1 radical (unpaired) electrons. The Morgan fingerprint density at radius 3 is 0.684 bits per heavy atom. The predicted octanol–water partition coefficient (Wildman–Crippen LogP) is -1.27. The van der Waals surface area contributed by atoms with Gasteiger partial charge in [-0.25, -0.2) is 5.26 Å². The number of carbonyl (C=O) groups excluding carboxylic acids is 1. The van der Waals surface area contributed by atoms with Crippen LogP contribution in [0.3, 0.4) is 0 Å². The Balaban J connectivity index is -0.000000000429. The van der Waals surface area contributed by atoms with Crippen LogP contribution in [0.1, 0.15) is 44.6 Å². The van der Waals surface area contributed by atoms with Crippen molar-refractivity contribution in [3.63, 3.8) is 0 Å². The summed E-state index contributed by atoms with van der Waals surface area (Å²) < 4.78 is 0. The summed E-state index contributed by atoms with van der Waals surface area (Å²) in [7, 11) is 0. The molecule has 11 nitrogen and oxygen atoms in total. The van der Waals surface area contributed by atoms with E-state index in [4.69, 9.17) is 10.1 Å². The van der Waals surface area contributed by atoms with Gasteiger partial charge in [0.15, 0.2) is 0 Å². The van der Waals surface area contributed by atoms with Crippen molar-refractivity contribution in [2.45, 2.75) is 44.6 Å². The van der Waals surface area contributed by atoms with Crippen molar-refractivity contribution in [3.05, 3.63) is 0 Å². The van der Waals surface area contributed by atoms with E-state index in [0.29, 0.717) is 0 Å². The minimum absolute atomic E-state index is 0. The van der Waals surface area contributed by atoms with Gasteiger partial charge in [0.25, 0.3) is 0 Å². The molecule has 0 bridgehead atoms. The minimum Gasteiger partial charge on any atom is -0.509 e. The Hall–Kier alpha value is -0.371. The second-order valence-electron chi connectivity index (χ2n) is 0.175. The van der Waals surface area contributed by atoms with Crippen LogP contribution in [0.4, 0.5) is 0 Å². The zero-order valence-corrected chi connectivity index (χ0v) is 7.74. The topological polar surface area (TPSA) is 306 Å². The predicted molar refractivity (Wildman–Crippen MR) is 81.5 cm³/mol. The molecular weight excluding hydrogens is 311 g/mol. The van der Waals surface area contributed by atoms with Crippen LogP contribution >= 0.6 is 0 Å². The molecule has 0 saturated carbocycles. The Morgan fingerprint density at radius 1 is 0.632 bits per heavy atom. The first-order valence-corrected chi connectivity index (χ1v) is 0.591. The fraction of sp³-hybridized carbons (Fsp3) is 0.857. The van der Waals surface area contributed by atoms with E-state index in [1.807, 2.05) is 0 Å². The van der Waals surface area contributed by atoms with E-state index in [-0.39, 0.29) is 107 Å². The maximum atomic E-state index is 8.58. The summed E-state index contributed by atoms with van der Waals surface area (Å²) in [4.78, 5) is 11.3. The monoisotopic (exact) mass is 354 g/mol. The van der Waals surface area contributed by atoms with Gasteiger partial charge in [0, 0.05) is 17.1 Å². The van der Waals surface area contributed by atoms with Crippen LogP contribution in [0.15, 0.2) is 0 Å². The zero-order valence-electron chi connectivity index (χ0n) is 6.56. The first-order valence-electron chi connectivity index (χ1n) is 0.591. The molecule has 0 unspecified atom stereocenters. The standard InChI is InChI=1S/CHO3.6CH4.Mn.2H3N.6H2O/c2-1-4-3;;;;;;;;;;;;;;;/h3H;6*1H4;;2*1H3;6*1H2/q-1;;;;;;;;;;;;;;;. The summed E-state index contributed by atoms with van der Waals surface area (Å²) in [6.45, 7) is 0.736. The first kappa shape index (κ1) is 837. The molecule has 0 fully saturated rings. The van der Waals surface area contributed by atoms with Gasteiger partial charge in [-0.15, -0.1) is 0 Å². The van der Waals surface area contributed by atoms with Crippen molar-refractivity contribution >= 4 is 6.47 Å². The third-order valence-corrected chi connectivity index (χ3v) is 0.0373. The van der Waals surface area contributed by atoms with E-state index < -0.39 is 0 Å². The zero-order chi connectivity index (χ0) is 3.41. The summed E-state index contributed by atoms with van der Waals surface area (Å²) >= 11 is 0. The second kappa shape index (κ2) is 1840. The molecular formula is C7H43MnN2O9-. The minimum atomic E-state index is 0. The van der Waals surface area contributed by atoms with Crippen LogP contribution in [0, 0.1) is 0 Å². The van der Waals surface area contributed by atoms with Crippen molar-refractivity contribution in [2.24, 2.45) is 0 Å². The molecule has 0 aromatic carbocycles. The van der Waals surface area contributed by atoms with Gasteiger partial charge in [0.2, 0.25) is 0 Å². The quantitative estimate of drug-likeness (QED) is 0.223. The molecule has 0 aliphatic carbocycles. The number of rotatable bonds is 1. The number of hydrogen-bond acceptors (Lipinski definition) is 5. The SMILES string of the molecule is C.C.C.C.C.C.N.N.O.O.O.O.O.O.O=[C-]OO.[Mn]. The van der Waals surface area contributed by atoms with Crippen molar-refractivity contribution in [1.29, 1.82) is 0 Å².